The highest BCUT2D eigenvalue weighted by molar-refractivity contribution is 5.80. The van der Waals surface area contributed by atoms with Crippen molar-refractivity contribution in [3.63, 3.8) is 0 Å². The molecule has 2 heterocycles. The molecule has 0 aliphatic rings. The zero-order valence-electron chi connectivity index (χ0n) is 14.2. The van der Waals surface area contributed by atoms with Crippen molar-refractivity contribution in [3.05, 3.63) is 33.1 Å². The second-order valence-corrected chi connectivity index (χ2v) is 5.48. The van der Waals surface area contributed by atoms with E-state index in [9.17, 15) is 14.4 Å². The van der Waals surface area contributed by atoms with E-state index < -0.39 is 5.69 Å². The third-order valence-electron chi connectivity index (χ3n) is 3.78. The Morgan fingerprint density at radius 1 is 1.17 bits per heavy atom. The van der Waals surface area contributed by atoms with Crippen LogP contribution < -0.4 is 21.9 Å². The summed E-state index contributed by atoms with van der Waals surface area (Å²) < 4.78 is 8.94. The van der Waals surface area contributed by atoms with Crippen LogP contribution in [0.3, 0.4) is 0 Å². The molecule has 0 fully saturated rings. The van der Waals surface area contributed by atoms with Crippen LogP contribution in [0.2, 0.25) is 0 Å². The first-order valence-corrected chi connectivity index (χ1v) is 7.68. The SMILES string of the molecule is COCCNCCNC(=O)Cn1ccc2c(=O)n(C)c(=O)n(C)c21. The topological polar surface area (TPSA) is 99.3 Å². The fourth-order valence-corrected chi connectivity index (χ4v) is 2.52. The van der Waals surface area contributed by atoms with Gasteiger partial charge in [0, 0.05) is 47.0 Å². The number of methoxy groups -OCH3 is 1. The lowest BCUT2D eigenvalue weighted by atomic mass is 10.4. The number of ether oxygens (including phenoxy) is 1. The van der Waals surface area contributed by atoms with E-state index in [1.54, 1.807) is 31.0 Å². The van der Waals surface area contributed by atoms with Gasteiger partial charge in [-0.15, -0.1) is 0 Å². The van der Waals surface area contributed by atoms with Gasteiger partial charge in [-0.25, -0.2) is 4.79 Å². The van der Waals surface area contributed by atoms with E-state index in [2.05, 4.69) is 10.6 Å². The van der Waals surface area contributed by atoms with Gasteiger partial charge in [0.25, 0.3) is 5.56 Å². The number of aryl methyl sites for hydroxylation is 1. The van der Waals surface area contributed by atoms with Crippen molar-refractivity contribution in [2.45, 2.75) is 6.54 Å². The number of nitrogens with zero attached hydrogens (tertiary/aromatic N) is 3. The third kappa shape index (κ3) is 3.74. The molecule has 0 spiro atoms. The first-order valence-electron chi connectivity index (χ1n) is 7.68. The Balaban J connectivity index is 2.04. The Bertz CT molecular complexity index is 833. The predicted molar refractivity (Wildman–Crippen MR) is 90.2 cm³/mol. The summed E-state index contributed by atoms with van der Waals surface area (Å²) in [6.07, 6.45) is 1.64. The molecule has 2 aromatic heterocycles. The molecular weight excluding hydrogens is 314 g/mol. The minimum atomic E-state index is -0.421. The van der Waals surface area contributed by atoms with Crippen LogP contribution in [0, 0.1) is 0 Å². The number of nitrogens with one attached hydrogen (secondary N) is 2. The highest BCUT2D eigenvalue weighted by Gasteiger charge is 2.14. The third-order valence-corrected chi connectivity index (χ3v) is 3.78. The maximum atomic E-state index is 12.1. The van der Waals surface area contributed by atoms with E-state index in [0.717, 1.165) is 11.1 Å². The molecule has 2 rings (SSSR count). The number of hydrogen-bond donors (Lipinski definition) is 2. The molecule has 0 atom stereocenters. The lowest BCUT2D eigenvalue weighted by Gasteiger charge is -2.10. The van der Waals surface area contributed by atoms with Crippen molar-refractivity contribution in [1.82, 2.24) is 24.3 Å². The van der Waals surface area contributed by atoms with Crippen LogP contribution in [0.4, 0.5) is 0 Å². The fraction of sp³-hybridized carbons (Fsp3) is 0.533. The van der Waals surface area contributed by atoms with Crippen LogP contribution in [0.1, 0.15) is 0 Å². The van der Waals surface area contributed by atoms with Gasteiger partial charge in [-0.3, -0.25) is 18.7 Å². The van der Waals surface area contributed by atoms with Crippen LogP contribution in [-0.4, -0.2) is 53.0 Å². The quantitative estimate of drug-likeness (QED) is 0.565. The molecule has 0 aliphatic heterocycles. The molecule has 132 valence electrons. The summed E-state index contributed by atoms with van der Waals surface area (Å²) in [6, 6.07) is 1.62. The highest BCUT2D eigenvalue weighted by atomic mass is 16.5. The molecule has 0 unspecified atom stereocenters. The zero-order chi connectivity index (χ0) is 17.7. The van der Waals surface area contributed by atoms with Crippen LogP contribution in [0.15, 0.2) is 21.9 Å². The van der Waals surface area contributed by atoms with E-state index in [4.69, 9.17) is 4.74 Å². The molecular formula is C15H23N5O4. The first-order chi connectivity index (χ1) is 11.5. The van der Waals surface area contributed by atoms with Gasteiger partial charge in [0.15, 0.2) is 0 Å². The maximum absolute atomic E-state index is 12.1. The molecule has 0 saturated heterocycles. The summed E-state index contributed by atoms with van der Waals surface area (Å²) in [4.78, 5) is 36.2. The Labute approximate surface area is 138 Å². The Kier molecular flexibility index (Phi) is 5.93. The standard InChI is InChI=1S/C15H23N5O4/c1-18-13-11(14(22)19(2)15(18)23)4-8-20(13)10-12(21)17-6-5-16-7-9-24-3/h4,8,16H,5-7,9-10H2,1-3H3,(H,17,21). The molecule has 9 heteroatoms. The molecule has 0 aromatic carbocycles. The van der Waals surface area contributed by atoms with E-state index in [1.165, 1.54) is 11.6 Å². The molecule has 0 radical (unpaired) electrons. The monoisotopic (exact) mass is 337 g/mol. The van der Waals surface area contributed by atoms with Gasteiger partial charge >= 0.3 is 5.69 Å². The number of carbonyl (C=O) groups excluding carboxylic acids is 1. The van der Waals surface area contributed by atoms with E-state index in [-0.39, 0.29) is 18.0 Å². The second-order valence-electron chi connectivity index (χ2n) is 5.48. The number of rotatable bonds is 8. The average Bonchev–Trinajstić information content (AvgIpc) is 2.97. The zero-order valence-corrected chi connectivity index (χ0v) is 14.2. The normalized spacial score (nSPS) is 11.1. The van der Waals surface area contributed by atoms with Crippen LogP contribution in [0.25, 0.3) is 11.0 Å². The van der Waals surface area contributed by atoms with Gasteiger partial charge in [-0.05, 0) is 6.07 Å². The van der Waals surface area contributed by atoms with Crippen molar-refractivity contribution in [2.75, 3.05) is 33.4 Å². The maximum Gasteiger partial charge on any atom is 0.332 e. The van der Waals surface area contributed by atoms with Gasteiger partial charge in [-0.1, -0.05) is 0 Å². The van der Waals surface area contributed by atoms with Crippen LogP contribution in [-0.2, 0) is 30.2 Å². The Morgan fingerprint density at radius 2 is 1.92 bits per heavy atom. The molecule has 0 aliphatic carbocycles. The van der Waals surface area contributed by atoms with Gasteiger partial charge in [0.05, 0.1) is 12.0 Å². The van der Waals surface area contributed by atoms with Crippen LogP contribution in [0.5, 0.6) is 0 Å². The van der Waals surface area contributed by atoms with Crippen molar-refractivity contribution in [2.24, 2.45) is 14.1 Å². The van der Waals surface area contributed by atoms with Crippen LogP contribution >= 0.6 is 0 Å². The predicted octanol–water partition coefficient (Wildman–Crippen LogP) is -1.61. The van der Waals surface area contributed by atoms with Gasteiger partial charge in [-0.2, -0.15) is 0 Å². The highest BCUT2D eigenvalue weighted by Crippen LogP contribution is 2.09. The Hall–Kier alpha value is -2.39. The minimum Gasteiger partial charge on any atom is -0.383 e. The average molecular weight is 337 g/mol. The first kappa shape index (κ1) is 18.0. The largest absolute Gasteiger partial charge is 0.383 e. The summed E-state index contributed by atoms with van der Waals surface area (Å²) >= 11 is 0. The second kappa shape index (κ2) is 7.93. The van der Waals surface area contributed by atoms with Crippen molar-refractivity contribution in [3.8, 4) is 0 Å². The smallest absolute Gasteiger partial charge is 0.332 e. The van der Waals surface area contributed by atoms with Gasteiger partial charge in [0.2, 0.25) is 5.91 Å². The van der Waals surface area contributed by atoms with E-state index in [1.807, 2.05) is 0 Å². The number of hydrogen-bond acceptors (Lipinski definition) is 5. The number of amides is 1. The van der Waals surface area contributed by atoms with Crippen molar-refractivity contribution in [1.29, 1.82) is 0 Å². The summed E-state index contributed by atoms with van der Waals surface area (Å²) in [5, 5.41) is 6.32. The summed E-state index contributed by atoms with van der Waals surface area (Å²) in [7, 11) is 4.65. The van der Waals surface area contributed by atoms with E-state index >= 15 is 0 Å². The molecule has 0 bridgehead atoms. The van der Waals surface area contributed by atoms with Crippen molar-refractivity contribution >= 4 is 16.9 Å². The summed E-state index contributed by atoms with van der Waals surface area (Å²) in [5.41, 5.74) is -0.346. The van der Waals surface area contributed by atoms with Gasteiger partial charge < -0.3 is 19.9 Å². The molecule has 24 heavy (non-hydrogen) atoms. The van der Waals surface area contributed by atoms with Gasteiger partial charge in [0.1, 0.15) is 12.2 Å². The number of aromatic nitrogens is 3. The lowest BCUT2D eigenvalue weighted by molar-refractivity contribution is -0.121. The fourth-order valence-electron chi connectivity index (χ4n) is 2.52. The summed E-state index contributed by atoms with van der Waals surface area (Å²) in [5.74, 6) is -0.186. The molecule has 0 saturated carbocycles. The molecule has 2 N–H and O–H groups in total. The molecule has 1 amide bonds. The van der Waals surface area contributed by atoms with Crippen molar-refractivity contribution < 1.29 is 9.53 Å². The molecule has 9 nitrogen and oxygen atoms in total. The molecule has 2 aromatic rings. The lowest BCUT2D eigenvalue weighted by Crippen LogP contribution is -2.38. The van der Waals surface area contributed by atoms with E-state index in [0.29, 0.717) is 30.7 Å². The Morgan fingerprint density at radius 3 is 2.62 bits per heavy atom. The minimum absolute atomic E-state index is 0.0437. The summed E-state index contributed by atoms with van der Waals surface area (Å²) in [6.45, 7) is 2.51. The number of fused-ring (bicyclic) bond motifs is 1. The number of carbonyl (C=O) groups is 1.